The molecule has 6 nitrogen and oxygen atoms in total. The van der Waals surface area contributed by atoms with E-state index < -0.39 is 52.6 Å². The number of quaternary nitrogens is 1. The minimum Gasteiger partial charge on any atom is -0.379 e. The smallest absolute Gasteiger partial charge is 0.379 e. The number of nitrogens with two attached hydrogens (primary N) is 2. The third-order valence-electron chi connectivity index (χ3n) is 5.18. The van der Waals surface area contributed by atoms with Crippen LogP contribution >= 0.6 is 0 Å². The average Bonchev–Trinajstić information content (AvgIpc) is 2.89. The van der Waals surface area contributed by atoms with Crippen molar-refractivity contribution < 1.29 is 32.3 Å². The zero-order valence-electron chi connectivity index (χ0n) is 15.1. The van der Waals surface area contributed by atoms with Crippen molar-refractivity contribution in [3.63, 3.8) is 0 Å². The van der Waals surface area contributed by atoms with Crippen molar-refractivity contribution in [1.29, 1.82) is 0 Å². The summed E-state index contributed by atoms with van der Waals surface area (Å²) in [6.07, 6.45) is -7.12. The number of halogens is 3. The van der Waals surface area contributed by atoms with Crippen LogP contribution in [0.25, 0.3) is 0 Å². The predicted octanol–water partition coefficient (Wildman–Crippen LogP) is 0.909. The van der Waals surface area contributed by atoms with E-state index in [9.17, 15) is 27.9 Å². The fraction of sp³-hybridized carbons (Fsp3) is 0.875. The molecule has 0 spiro atoms. The van der Waals surface area contributed by atoms with Gasteiger partial charge in [-0.25, -0.2) is 9.28 Å². The second-order valence-electron chi connectivity index (χ2n) is 7.54. The normalized spacial score (nSPS) is 28.2. The van der Waals surface area contributed by atoms with E-state index in [1.54, 1.807) is 13.8 Å². The lowest BCUT2D eigenvalue weighted by Crippen LogP contribution is -2.74. The molecule has 0 bridgehead atoms. The number of aliphatic hydroxyl groups is 1. The number of carbonyl (C=O) groups excluding carboxylic acids is 2. The molecule has 0 saturated carbocycles. The van der Waals surface area contributed by atoms with Crippen LogP contribution in [0, 0.1) is 11.8 Å². The number of aliphatic hydroxyl groups excluding tert-OH is 1. The van der Waals surface area contributed by atoms with E-state index in [1.165, 1.54) is 13.8 Å². The Bertz CT molecular complexity index is 511. The van der Waals surface area contributed by atoms with E-state index in [-0.39, 0.29) is 18.9 Å². The fourth-order valence-corrected chi connectivity index (χ4v) is 3.97. The van der Waals surface area contributed by atoms with Crippen molar-refractivity contribution in [3.8, 4) is 0 Å². The summed E-state index contributed by atoms with van der Waals surface area (Å²) in [6, 6.07) is -3.72. The lowest BCUT2D eigenvalue weighted by molar-refractivity contribution is -0.892. The van der Waals surface area contributed by atoms with Crippen LogP contribution in [0.3, 0.4) is 0 Å². The maximum Gasteiger partial charge on any atom is 0.420 e. The van der Waals surface area contributed by atoms with Crippen LogP contribution in [0.1, 0.15) is 40.5 Å². The number of likely N-dealkylation sites (tertiary alicyclic amines) is 1. The molecule has 0 aromatic rings. The average molecular weight is 368 g/mol. The van der Waals surface area contributed by atoms with Gasteiger partial charge in [-0.05, 0) is 5.92 Å². The molecule has 1 aliphatic heterocycles. The summed E-state index contributed by atoms with van der Waals surface area (Å²) in [5.74, 6) is -2.56. The van der Waals surface area contributed by atoms with E-state index >= 15 is 0 Å². The molecule has 1 fully saturated rings. The van der Waals surface area contributed by atoms with Crippen LogP contribution in [0.2, 0.25) is 0 Å². The molecule has 2 amide bonds. The second-order valence-corrected chi connectivity index (χ2v) is 7.54. The largest absolute Gasteiger partial charge is 0.420 e. The zero-order chi connectivity index (χ0) is 19.7. The monoisotopic (exact) mass is 368 g/mol. The van der Waals surface area contributed by atoms with Gasteiger partial charge in [0.2, 0.25) is 6.10 Å². The van der Waals surface area contributed by atoms with Crippen LogP contribution in [-0.2, 0) is 9.59 Å². The van der Waals surface area contributed by atoms with Gasteiger partial charge >= 0.3 is 12.1 Å². The van der Waals surface area contributed by atoms with Crippen LogP contribution in [0.4, 0.5) is 13.2 Å². The summed E-state index contributed by atoms with van der Waals surface area (Å²) in [5, 5.41) is 10.0. The summed E-state index contributed by atoms with van der Waals surface area (Å²) >= 11 is 0. The molecule has 0 aromatic heterocycles. The van der Waals surface area contributed by atoms with Gasteiger partial charge in [0.05, 0.1) is 6.54 Å². The lowest BCUT2D eigenvalue weighted by atomic mass is 9.89. The number of alkyl halides is 3. The molecular weight excluding hydrogens is 339 g/mol. The lowest BCUT2D eigenvalue weighted by Gasteiger charge is -2.47. The molecular formula is C16H29F3N3O3+. The maximum atomic E-state index is 13.3. The number of nitrogens with zero attached hydrogens (tertiary/aromatic N) is 1. The van der Waals surface area contributed by atoms with E-state index in [4.69, 9.17) is 11.5 Å². The summed E-state index contributed by atoms with van der Waals surface area (Å²) < 4.78 is 39.1. The summed E-state index contributed by atoms with van der Waals surface area (Å²) in [7, 11) is 0. The van der Waals surface area contributed by atoms with Crippen molar-refractivity contribution in [1.82, 2.24) is 0 Å². The first-order valence-electron chi connectivity index (χ1n) is 8.50. The van der Waals surface area contributed by atoms with Gasteiger partial charge in [0.15, 0.2) is 6.04 Å². The van der Waals surface area contributed by atoms with E-state index in [0.29, 0.717) is 6.42 Å². The molecule has 146 valence electrons. The molecule has 25 heavy (non-hydrogen) atoms. The Kier molecular flexibility index (Phi) is 6.63. The molecule has 5 N–H and O–H groups in total. The Labute approximate surface area is 145 Å². The van der Waals surface area contributed by atoms with Crippen LogP contribution in [0.5, 0.6) is 0 Å². The fourth-order valence-electron chi connectivity index (χ4n) is 3.97. The summed E-state index contributed by atoms with van der Waals surface area (Å²) in [6.45, 7) is 6.34. The number of carbonyl (C=O) groups is 2. The van der Waals surface area contributed by atoms with Gasteiger partial charge < -0.3 is 16.6 Å². The maximum absolute atomic E-state index is 13.3. The first-order valence-corrected chi connectivity index (χ1v) is 8.50. The van der Waals surface area contributed by atoms with Gasteiger partial charge in [0.25, 0.3) is 5.91 Å². The Hall–Kier alpha value is -1.19. The van der Waals surface area contributed by atoms with Gasteiger partial charge in [-0.2, -0.15) is 13.2 Å². The summed E-state index contributed by atoms with van der Waals surface area (Å²) in [5.41, 5.74) is 11.4. The van der Waals surface area contributed by atoms with Crippen molar-refractivity contribution >= 4 is 11.8 Å². The zero-order valence-corrected chi connectivity index (χ0v) is 15.1. The van der Waals surface area contributed by atoms with Crippen LogP contribution in [-0.4, -0.2) is 58.4 Å². The highest BCUT2D eigenvalue weighted by molar-refractivity contribution is 5.84. The number of amides is 2. The highest BCUT2D eigenvalue weighted by Gasteiger charge is 2.63. The van der Waals surface area contributed by atoms with E-state index in [2.05, 4.69) is 0 Å². The number of primary amides is 1. The highest BCUT2D eigenvalue weighted by Crippen LogP contribution is 2.40. The first-order chi connectivity index (χ1) is 11.3. The molecule has 0 radical (unpaired) electrons. The molecule has 0 aliphatic carbocycles. The minimum atomic E-state index is -4.92. The molecule has 5 atom stereocenters. The van der Waals surface area contributed by atoms with Crippen molar-refractivity contribution in [2.45, 2.75) is 70.9 Å². The second kappa shape index (κ2) is 7.59. The third-order valence-corrected chi connectivity index (χ3v) is 5.18. The highest BCUT2D eigenvalue weighted by atomic mass is 19.4. The Balaban J connectivity index is 3.59. The molecule has 1 unspecified atom stereocenters. The van der Waals surface area contributed by atoms with Crippen molar-refractivity contribution in [2.24, 2.45) is 23.3 Å². The van der Waals surface area contributed by atoms with Crippen molar-refractivity contribution in [3.05, 3.63) is 0 Å². The third kappa shape index (κ3) is 3.98. The van der Waals surface area contributed by atoms with Gasteiger partial charge in [-0.1, -0.05) is 27.7 Å². The van der Waals surface area contributed by atoms with Crippen LogP contribution in [0.15, 0.2) is 0 Å². The molecule has 1 aliphatic rings. The Morgan fingerprint density at radius 1 is 1.16 bits per heavy atom. The number of hydrogen-bond donors (Lipinski definition) is 3. The quantitative estimate of drug-likeness (QED) is 0.606. The topological polar surface area (TPSA) is 106 Å². The Morgan fingerprint density at radius 3 is 2.04 bits per heavy atom. The van der Waals surface area contributed by atoms with Gasteiger partial charge in [0, 0.05) is 18.8 Å². The van der Waals surface area contributed by atoms with Gasteiger partial charge in [-0.15, -0.1) is 0 Å². The SMILES string of the molecule is CC(C)[C@H](N)C(=O)[N+]1([C@@H](C(C)C)[C@H](O)C(F)(F)F)CCC[C@H]1C(N)=O. The molecule has 0 aromatic carbocycles. The standard InChI is InChI=1S/C16H28F3N3O3/c1-8(2)11(20)15(25)22(7-5-6-10(22)14(21)24)12(9(3)4)13(23)16(17,18)19/h8-13,23H,5-7,20H2,1-4H3,(H-,21,24)/p+1/t10-,11-,12-,13-,22?/m0/s1. The molecule has 1 rings (SSSR count). The Morgan fingerprint density at radius 2 is 1.68 bits per heavy atom. The number of rotatable bonds is 6. The van der Waals surface area contributed by atoms with Crippen LogP contribution < -0.4 is 11.5 Å². The molecule has 9 heteroatoms. The number of hydrogen-bond acceptors (Lipinski definition) is 4. The minimum absolute atomic E-state index is 0.00282. The van der Waals surface area contributed by atoms with E-state index in [1.807, 2.05) is 0 Å². The first kappa shape index (κ1) is 21.9. The van der Waals surface area contributed by atoms with Crippen molar-refractivity contribution in [2.75, 3.05) is 6.54 Å². The molecule has 1 saturated heterocycles. The van der Waals surface area contributed by atoms with E-state index in [0.717, 1.165) is 0 Å². The molecule has 1 heterocycles. The van der Waals surface area contributed by atoms with Gasteiger partial charge in [0.1, 0.15) is 12.1 Å². The predicted molar refractivity (Wildman–Crippen MR) is 85.9 cm³/mol. The van der Waals surface area contributed by atoms with Gasteiger partial charge in [-0.3, -0.25) is 4.79 Å². The summed E-state index contributed by atoms with van der Waals surface area (Å²) in [4.78, 5) is 25.1.